The number of likely N-dealkylation sites (tertiary alicyclic amines) is 1. The van der Waals surface area contributed by atoms with E-state index < -0.39 is 0 Å². The van der Waals surface area contributed by atoms with Crippen LogP contribution < -0.4 is 4.90 Å². The van der Waals surface area contributed by atoms with E-state index in [9.17, 15) is 4.79 Å². The molecule has 148 valence electrons. The number of hydrogen-bond donors (Lipinski definition) is 0. The first-order valence-corrected chi connectivity index (χ1v) is 10.6. The lowest BCUT2D eigenvalue weighted by Gasteiger charge is -2.33. The van der Waals surface area contributed by atoms with Crippen LogP contribution in [0.1, 0.15) is 48.7 Å². The Hall–Kier alpha value is -2.43. The number of hydrogen-bond acceptors (Lipinski definition) is 4. The van der Waals surface area contributed by atoms with Crippen molar-refractivity contribution in [1.29, 1.82) is 0 Å². The van der Waals surface area contributed by atoms with Gasteiger partial charge >= 0.3 is 0 Å². The molecular formula is C23H30N4O. The third-order valence-corrected chi connectivity index (χ3v) is 6.25. The normalized spacial score (nSPS) is 19.0. The van der Waals surface area contributed by atoms with Crippen molar-refractivity contribution < 1.29 is 4.79 Å². The van der Waals surface area contributed by atoms with E-state index in [1.165, 1.54) is 5.56 Å². The van der Waals surface area contributed by atoms with Gasteiger partial charge in [-0.1, -0.05) is 37.3 Å². The van der Waals surface area contributed by atoms with Crippen LogP contribution in [0.4, 0.5) is 5.82 Å². The summed E-state index contributed by atoms with van der Waals surface area (Å²) in [7, 11) is 0. The van der Waals surface area contributed by atoms with E-state index in [-0.39, 0.29) is 5.91 Å². The SMILES string of the molecule is CC1CCN(C(=O)c2cc(N3CCC(Cc4ccccc4)CC3)ncn2)CC1. The molecule has 1 aromatic heterocycles. The maximum Gasteiger partial charge on any atom is 0.272 e. The van der Waals surface area contributed by atoms with Crippen molar-refractivity contribution in [2.75, 3.05) is 31.1 Å². The summed E-state index contributed by atoms with van der Waals surface area (Å²) in [5.74, 6) is 2.37. The number of anilines is 1. The third-order valence-electron chi connectivity index (χ3n) is 6.25. The van der Waals surface area contributed by atoms with Gasteiger partial charge in [-0.3, -0.25) is 4.79 Å². The summed E-state index contributed by atoms with van der Waals surface area (Å²) in [6.45, 7) is 5.91. The van der Waals surface area contributed by atoms with Crippen molar-refractivity contribution >= 4 is 11.7 Å². The minimum absolute atomic E-state index is 0.0505. The molecule has 2 saturated heterocycles. The number of piperidine rings is 2. The van der Waals surface area contributed by atoms with Gasteiger partial charge in [-0.25, -0.2) is 9.97 Å². The molecule has 3 heterocycles. The van der Waals surface area contributed by atoms with Crippen LogP contribution in [0.15, 0.2) is 42.7 Å². The molecule has 0 aliphatic carbocycles. The highest BCUT2D eigenvalue weighted by molar-refractivity contribution is 5.93. The van der Waals surface area contributed by atoms with Crippen molar-refractivity contribution in [3.8, 4) is 0 Å². The molecule has 0 spiro atoms. The van der Waals surface area contributed by atoms with Crippen molar-refractivity contribution in [2.45, 2.75) is 39.0 Å². The second-order valence-corrected chi connectivity index (χ2v) is 8.36. The highest BCUT2D eigenvalue weighted by Crippen LogP contribution is 2.25. The quantitative estimate of drug-likeness (QED) is 0.812. The van der Waals surface area contributed by atoms with Gasteiger partial charge in [0.15, 0.2) is 0 Å². The van der Waals surface area contributed by atoms with Crippen LogP contribution in [-0.2, 0) is 6.42 Å². The number of carbonyl (C=O) groups is 1. The van der Waals surface area contributed by atoms with E-state index in [4.69, 9.17) is 0 Å². The molecule has 0 atom stereocenters. The topological polar surface area (TPSA) is 49.3 Å². The average Bonchev–Trinajstić information content (AvgIpc) is 2.75. The van der Waals surface area contributed by atoms with E-state index in [2.05, 4.69) is 52.1 Å². The molecule has 28 heavy (non-hydrogen) atoms. The van der Waals surface area contributed by atoms with E-state index in [0.717, 1.165) is 70.0 Å². The Kier molecular flexibility index (Phi) is 5.89. The number of carbonyl (C=O) groups excluding carboxylic acids is 1. The molecule has 1 aromatic carbocycles. The van der Waals surface area contributed by atoms with Crippen molar-refractivity contribution in [3.05, 3.63) is 54.0 Å². The van der Waals surface area contributed by atoms with Crippen LogP contribution in [0.25, 0.3) is 0 Å². The zero-order valence-corrected chi connectivity index (χ0v) is 16.8. The van der Waals surface area contributed by atoms with E-state index in [1.54, 1.807) is 6.33 Å². The summed E-state index contributed by atoms with van der Waals surface area (Å²) >= 11 is 0. The summed E-state index contributed by atoms with van der Waals surface area (Å²) in [6, 6.07) is 12.6. The number of nitrogens with zero attached hydrogens (tertiary/aromatic N) is 4. The Morgan fingerprint density at radius 1 is 1.00 bits per heavy atom. The Morgan fingerprint density at radius 2 is 1.71 bits per heavy atom. The molecule has 0 bridgehead atoms. The second kappa shape index (κ2) is 8.72. The average molecular weight is 379 g/mol. The molecule has 0 saturated carbocycles. The summed E-state index contributed by atoms with van der Waals surface area (Å²) in [5.41, 5.74) is 1.96. The molecule has 2 fully saturated rings. The fourth-order valence-electron chi connectivity index (χ4n) is 4.32. The Labute approximate surface area is 167 Å². The lowest BCUT2D eigenvalue weighted by Crippen LogP contribution is -2.39. The van der Waals surface area contributed by atoms with Gasteiger partial charge in [0, 0.05) is 32.2 Å². The van der Waals surface area contributed by atoms with Crippen LogP contribution in [-0.4, -0.2) is 47.0 Å². The third kappa shape index (κ3) is 4.51. The van der Waals surface area contributed by atoms with Gasteiger partial charge in [-0.05, 0) is 49.5 Å². The molecule has 5 nitrogen and oxygen atoms in total. The first-order chi connectivity index (χ1) is 13.7. The van der Waals surface area contributed by atoms with Gasteiger partial charge in [0.05, 0.1) is 0 Å². The van der Waals surface area contributed by atoms with Gasteiger partial charge in [0.25, 0.3) is 5.91 Å². The first-order valence-electron chi connectivity index (χ1n) is 10.6. The monoisotopic (exact) mass is 378 g/mol. The zero-order valence-electron chi connectivity index (χ0n) is 16.8. The van der Waals surface area contributed by atoms with Crippen molar-refractivity contribution in [3.63, 3.8) is 0 Å². The summed E-state index contributed by atoms with van der Waals surface area (Å²) in [4.78, 5) is 25.8. The largest absolute Gasteiger partial charge is 0.356 e. The second-order valence-electron chi connectivity index (χ2n) is 8.36. The van der Waals surface area contributed by atoms with E-state index in [0.29, 0.717) is 11.6 Å². The molecule has 0 unspecified atom stereocenters. The zero-order chi connectivity index (χ0) is 19.3. The first kappa shape index (κ1) is 18.9. The minimum Gasteiger partial charge on any atom is -0.356 e. The number of amides is 1. The fourth-order valence-corrected chi connectivity index (χ4v) is 4.32. The molecule has 1 amide bonds. The molecule has 0 radical (unpaired) electrons. The number of aromatic nitrogens is 2. The Bertz CT molecular complexity index is 778. The summed E-state index contributed by atoms with van der Waals surface area (Å²) in [5, 5.41) is 0. The van der Waals surface area contributed by atoms with Crippen LogP contribution in [0, 0.1) is 11.8 Å². The predicted octanol–water partition coefficient (Wildman–Crippen LogP) is 3.81. The summed E-state index contributed by atoms with van der Waals surface area (Å²) < 4.78 is 0. The van der Waals surface area contributed by atoms with E-state index >= 15 is 0 Å². The number of benzene rings is 1. The van der Waals surface area contributed by atoms with Crippen LogP contribution in [0.5, 0.6) is 0 Å². The maximum atomic E-state index is 12.8. The van der Waals surface area contributed by atoms with Crippen LogP contribution in [0.3, 0.4) is 0 Å². The highest BCUT2D eigenvalue weighted by atomic mass is 16.2. The molecule has 0 N–H and O–H groups in total. The smallest absolute Gasteiger partial charge is 0.272 e. The molecule has 4 rings (SSSR count). The van der Waals surface area contributed by atoms with Gasteiger partial charge < -0.3 is 9.80 Å². The van der Waals surface area contributed by atoms with E-state index in [1.807, 2.05) is 11.0 Å². The maximum absolute atomic E-state index is 12.8. The Morgan fingerprint density at radius 3 is 2.43 bits per heavy atom. The standard InChI is InChI=1S/C23H30N4O/c1-18-7-11-27(12-8-18)23(28)21-16-22(25-17-24-21)26-13-9-20(10-14-26)15-19-5-3-2-4-6-19/h2-6,16-18,20H,7-15H2,1H3. The molecule has 2 aliphatic heterocycles. The lowest BCUT2D eigenvalue weighted by molar-refractivity contribution is 0.0691. The highest BCUT2D eigenvalue weighted by Gasteiger charge is 2.25. The molecular weight excluding hydrogens is 348 g/mol. The Balaban J connectivity index is 1.35. The molecule has 5 heteroatoms. The molecule has 2 aromatic rings. The van der Waals surface area contributed by atoms with Crippen LogP contribution >= 0.6 is 0 Å². The van der Waals surface area contributed by atoms with Gasteiger partial charge in [-0.2, -0.15) is 0 Å². The van der Waals surface area contributed by atoms with Crippen molar-refractivity contribution in [2.24, 2.45) is 11.8 Å². The summed E-state index contributed by atoms with van der Waals surface area (Å²) in [6.07, 6.45) is 7.18. The van der Waals surface area contributed by atoms with Gasteiger partial charge in [0.2, 0.25) is 0 Å². The lowest BCUT2D eigenvalue weighted by atomic mass is 9.90. The molecule has 2 aliphatic rings. The van der Waals surface area contributed by atoms with Gasteiger partial charge in [-0.15, -0.1) is 0 Å². The minimum atomic E-state index is 0.0505. The fraction of sp³-hybridized carbons (Fsp3) is 0.522. The van der Waals surface area contributed by atoms with Gasteiger partial charge in [0.1, 0.15) is 17.8 Å². The predicted molar refractivity (Wildman–Crippen MR) is 111 cm³/mol. The van der Waals surface area contributed by atoms with Crippen LogP contribution in [0.2, 0.25) is 0 Å². The van der Waals surface area contributed by atoms with Crippen molar-refractivity contribution in [1.82, 2.24) is 14.9 Å². The number of rotatable bonds is 4.